The Balaban J connectivity index is 2.54. The summed E-state index contributed by atoms with van der Waals surface area (Å²) < 4.78 is 0. The minimum absolute atomic E-state index is 0.237. The zero-order valence-electron chi connectivity index (χ0n) is 9.68. The Morgan fingerprint density at radius 1 is 1.36 bits per heavy atom. The number of hydrogen-bond acceptors (Lipinski definition) is 2. The first-order valence-electron chi connectivity index (χ1n) is 5.80. The van der Waals surface area contributed by atoms with Crippen molar-refractivity contribution in [3.63, 3.8) is 0 Å². The van der Waals surface area contributed by atoms with E-state index in [2.05, 4.69) is 6.92 Å². The van der Waals surface area contributed by atoms with Gasteiger partial charge in [0.2, 0.25) is 0 Å². The van der Waals surface area contributed by atoms with Gasteiger partial charge in [-0.3, -0.25) is 4.79 Å². The minimum atomic E-state index is -0.592. The predicted molar refractivity (Wildman–Crippen MR) is 59.0 cm³/mol. The molecule has 0 aromatic rings. The molecule has 0 spiro atoms. The van der Waals surface area contributed by atoms with Crippen molar-refractivity contribution >= 4 is 5.78 Å². The first kappa shape index (κ1) is 11.7. The maximum atomic E-state index is 12.0. The molecule has 0 radical (unpaired) electrons. The van der Waals surface area contributed by atoms with Crippen LogP contribution < -0.4 is 5.73 Å². The SMILES string of the molecule is CCC(C)(N)C(=O)C1CCC(C)CC1. The second-order valence-electron chi connectivity index (χ2n) is 5.09. The summed E-state index contributed by atoms with van der Waals surface area (Å²) in [4.78, 5) is 12.0. The highest BCUT2D eigenvalue weighted by molar-refractivity contribution is 5.89. The van der Waals surface area contributed by atoms with Gasteiger partial charge in [0.15, 0.2) is 5.78 Å². The fourth-order valence-corrected chi connectivity index (χ4v) is 2.16. The van der Waals surface area contributed by atoms with Gasteiger partial charge in [-0.25, -0.2) is 0 Å². The van der Waals surface area contributed by atoms with E-state index in [1.165, 1.54) is 12.8 Å². The van der Waals surface area contributed by atoms with E-state index in [9.17, 15) is 4.79 Å². The number of carbonyl (C=O) groups is 1. The maximum Gasteiger partial charge on any atom is 0.155 e. The van der Waals surface area contributed by atoms with Crippen LogP contribution in [-0.2, 0) is 4.79 Å². The fraction of sp³-hybridized carbons (Fsp3) is 0.917. The standard InChI is InChI=1S/C12H23NO/c1-4-12(3,13)11(14)10-7-5-9(2)6-8-10/h9-10H,4-8,13H2,1-3H3. The van der Waals surface area contributed by atoms with Crippen LogP contribution in [0.2, 0.25) is 0 Å². The van der Waals surface area contributed by atoms with E-state index in [0.717, 1.165) is 25.2 Å². The summed E-state index contributed by atoms with van der Waals surface area (Å²) in [5.74, 6) is 1.32. The van der Waals surface area contributed by atoms with Crippen molar-refractivity contribution in [2.24, 2.45) is 17.6 Å². The van der Waals surface area contributed by atoms with Gasteiger partial charge in [0.05, 0.1) is 5.54 Å². The molecule has 0 bridgehead atoms. The Morgan fingerprint density at radius 3 is 2.29 bits per heavy atom. The Morgan fingerprint density at radius 2 is 1.86 bits per heavy atom. The lowest BCUT2D eigenvalue weighted by Gasteiger charge is -2.31. The summed E-state index contributed by atoms with van der Waals surface area (Å²) in [5.41, 5.74) is 5.38. The molecule has 0 aromatic carbocycles. The number of Topliss-reactive ketones (excluding diaryl/α,β-unsaturated/α-hetero) is 1. The lowest BCUT2D eigenvalue weighted by molar-refractivity contribution is -0.128. The van der Waals surface area contributed by atoms with Crippen molar-refractivity contribution in [2.45, 2.75) is 58.4 Å². The van der Waals surface area contributed by atoms with Crippen molar-refractivity contribution in [1.82, 2.24) is 0 Å². The lowest BCUT2D eigenvalue weighted by Crippen LogP contribution is -2.48. The summed E-state index contributed by atoms with van der Waals surface area (Å²) in [6.45, 7) is 6.12. The molecular formula is C12H23NO. The topological polar surface area (TPSA) is 43.1 Å². The third-order valence-corrected chi connectivity index (χ3v) is 3.68. The Bertz CT molecular complexity index is 202. The third kappa shape index (κ3) is 2.57. The molecule has 0 aromatic heterocycles. The molecule has 0 amide bonds. The van der Waals surface area contributed by atoms with E-state index >= 15 is 0 Å². The quantitative estimate of drug-likeness (QED) is 0.755. The maximum absolute atomic E-state index is 12.0. The molecule has 1 saturated carbocycles. The molecule has 2 N–H and O–H groups in total. The molecule has 2 nitrogen and oxygen atoms in total. The van der Waals surface area contributed by atoms with Crippen LogP contribution in [-0.4, -0.2) is 11.3 Å². The Kier molecular flexibility index (Phi) is 3.71. The average Bonchev–Trinajstić information content (AvgIpc) is 2.18. The molecule has 1 aliphatic rings. The highest BCUT2D eigenvalue weighted by atomic mass is 16.1. The first-order valence-corrected chi connectivity index (χ1v) is 5.80. The smallest absolute Gasteiger partial charge is 0.155 e. The number of carbonyl (C=O) groups excluding carboxylic acids is 1. The van der Waals surface area contributed by atoms with E-state index in [-0.39, 0.29) is 11.7 Å². The van der Waals surface area contributed by atoms with Crippen LogP contribution in [0.5, 0.6) is 0 Å². The molecule has 82 valence electrons. The summed E-state index contributed by atoms with van der Waals surface area (Å²) in [6, 6.07) is 0. The third-order valence-electron chi connectivity index (χ3n) is 3.68. The second-order valence-corrected chi connectivity index (χ2v) is 5.09. The molecule has 1 aliphatic carbocycles. The average molecular weight is 197 g/mol. The van der Waals surface area contributed by atoms with Gasteiger partial charge in [-0.2, -0.15) is 0 Å². The molecule has 0 aliphatic heterocycles. The highest BCUT2D eigenvalue weighted by Gasteiger charge is 2.34. The van der Waals surface area contributed by atoms with Crippen LogP contribution in [0.3, 0.4) is 0 Å². The molecule has 1 rings (SSSR count). The van der Waals surface area contributed by atoms with Gasteiger partial charge in [-0.1, -0.05) is 26.7 Å². The van der Waals surface area contributed by atoms with Crippen LogP contribution in [0.4, 0.5) is 0 Å². The lowest BCUT2D eigenvalue weighted by atomic mass is 9.75. The monoisotopic (exact) mass is 197 g/mol. The number of hydrogen-bond donors (Lipinski definition) is 1. The van der Waals surface area contributed by atoms with E-state index in [0.29, 0.717) is 0 Å². The molecule has 0 heterocycles. The summed E-state index contributed by atoms with van der Waals surface area (Å²) >= 11 is 0. The Hall–Kier alpha value is -0.370. The van der Waals surface area contributed by atoms with Gasteiger partial charge < -0.3 is 5.73 Å². The summed E-state index contributed by atoms with van der Waals surface area (Å²) in [7, 11) is 0. The van der Waals surface area contributed by atoms with Crippen LogP contribution in [0.15, 0.2) is 0 Å². The van der Waals surface area contributed by atoms with Gasteiger partial charge in [0.1, 0.15) is 0 Å². The predicted octanol–water partition coefficient (Wildman–Crippen LogP) is 2.51. The van der Waals surface area contributed by atoms with E-state index in [1.54, 1.807) is 0 Å². The first-order chi connectivity index (χ1) is 6.47. The minimum Gasteiger partial charge on any atom is -0.319 e. The van der Waals surface area contributed by atoms with Crippen LogP contribution in [0, 0.1) is 11.8 Å². The van der Waals surface area contributed by atoms with Crippen LogP contribution in [0.25, 0.3) is 0 Å². The second kappa shape index (κ2) is 4.43. The summed E-state index contributed by atoms with van der Waals surface area (Å²) in [6.07, 6.45) is 5.23. The van der Waals surface area contributed by atoms with Crippen molar-refractivity contribution in [2.75, 3.05) is 0 Å². The van der Waals surface area contributed by atoms with Crippen molar-refractivity contribution in [3.05, 3.63) is 0 Å². The molecule has 0 saturated heterocycles. The normalized spacial score (nSPS) is 32.3. The number of nitrogens with two attached hydrogens (primary N) is 1. The van der Waals surface area contributed by atoms with Gasteiger partial charge in [0, 0.05) is 5.92 Å². The van der Waals surface area contributed by atoms with Crippen LogP contribution >= 0.6 is 0 Å². The van der Waals surface area contributed by atoms with Gasteiger partial charge in [0.25, 0.3) is 0 Å². The van der Waals surface area contributed by atoms with E-state index < -0.39 is 5.54 Å². The van der Waals surface area contributed by atoms with Crippen molar-refractivity contribution in [1.29, 1.82) is 0 Å². The van der Waals surface area contributed by atoms with Crippen molar-refractivity contribution < 1.29 is 4.79 Å². The van der Waals surface area contributed by atoms with Gasteiger partial charge in [-0.15, -0.1) is 0 Å². The van der Waals surface area contributed by atoms with Gasteiger partial charge in [-0.05, 0) is 32.1 Å². The summed E-state index contributed by atoms with van der Waals surface area (Å²) in [5, 5.41) is 0. The number of rotatable bonds is 3. The Labute approximate surface area is 87.2 Å². The molecule has 14 heavy (non-hydrogen) atoms. The zero-order chi connectivity index (χ0) is 10.8. The number of ketones is 1. The van der Waals surface area contributed by atoms with E-state index in [1.807, 2.05) is 13.8 Å². The molecule has 2 heteroatoms. The highest BCUT2D eigenvalue weighted by Crippen LogP contribution is 2.31. The molecule has 1 unspecified atom stereocenters. The molecule has 1 atom stereocenters. The van der Waals surface area contributed by atoms with Crippen LogP contribution in [0.1, 0.15) is 52.9 Å². The largest absolute Gasteiger partial charge is 0.319 e. The molecule has 1 fully saturated rings. The zero-order valence-corrected chi connectivity index (χ0v) is 9.68. The molecular weight excluding hydrogens is 174 g/mol. The fourth-order valence-electron chi connectivity index (χ4n) is 2.16. The van der Waals surface area contributed by atoms with Gasteiger partial charge >= 0.3 is 0 Å². The van der Waals surface area contributed by atoms with Crippen molar-refractivity contribution in [3.8, 4) is 0 Å². The van der Waals surface area contributed by atoms with E-state index in [4.69, 9.17) is 5.73 Å².